The lowest BCUT2D eigenvalue weighted by Gasteiger charge is -2.15. The van der Waals surface area contributed by atoms with Gasteiger partial charge in [-0.15, -0.1) is 0 Å². The third-order valence-corrected chi connectivity index (χ3v) is 4.65. The van der Waals surface area contributed by atoms with Crippen LogP contribution in [0, 0.1) is 11.3 Å². The van der Waals surface area contributed by atoms with Crippen LogP contribution in [-0.4, -0.2) is 29.2 Å². The van der Waals surface area contributed by atoms with Crippen LogP contribution >= 0.6 is 11.8 Å². The van der Waals surface area contributed by atoms with Crippen molar-refractivity contribution in [1.29, 1.82) is 5.26 Å². The Labute approximate surface area is 139 Å². The second-order valence-electron chi connectivity index (χ2n) is 5.41. The van der Waals surface area contributed by atoms with E-state index in [1.165, 1.54) is 12.8 Å². The molecular weight excluding hydrogens is 314 g/mol. The fourth-order valence-electron chi connectivity index (χ4n) is 2.51. The van der Waals surface area contributed by atoms with Gasteiger partial charge in [-0.25, -0.2) is 4.98 Å². The maximum atomic E-state index is 11.6. The van der Waals surface area contributed by atoms with Gasteiger partial charge in [0.2, 0.25) is 5.91 Å². The summed E-state index contributed by atoms with van der Waals surface area (Å²) < 4.78 is 0. The van der Waals surface area contributed by atoms with Crippen LogP contribution in [-0.2, 0) is 22.4 Å². The number of pyridine rings is 1. The Morgan fingerprint density at radius 1 is 1.30 bits per heavy atom. The Morgan fingerprint density at radius 3 is 2.74 bits per heavy atom. The average molecular weight is 332 g/mol. The maximum Gasteiger partial charge on any atom is 0.230 e. The van der Waals surface area contributed by atoms with Crippen molar-refractivity contribution in [2.75, 3.05) is 12.3 Å². The number of thioether (sulfide) groups is 1. The molecule has 1 aliphatic carbocycles. The molecule has 0 bridgehead atoms. The quantitative estimate of drug-likeness (QED) is 0.790. The summed E-state index contributed by atoms with van der Waals surface area (Å²) in [6, 6.07) is 4.02. The second kappa shape index (κ2) is 8.53. The molecule has 1 N–H and O–H groups in total. The number of aliphatic carboxylic acids is 1. The molecule has 6 nitrogen and oxygen atoms in total. The molecule has 0 atom stereocenters. The summed E-state index contributed by atoms with van der Waals surface area (Å²) in [5.74, 6) is -1.73. The van der Waals surface area contributed by atoms with Crippen LogP contribution in [0.25, 0.3) is 0 Å². The van der Waals surface area contributed by atoms with Crippen LogP contribution in [0.4, 0.5) is 0 Å². The lowest BCUT2D eigenvalue weighted by Crippen LogP contribution is -2.38. The van der Waals surface area contributed by atoms with Crippen LogP contribution < -0.4 is 10.4 Å². The van der Waals surface area contributed by atoms with Gasteiger partial charge in [0.1, 0.15) is 11.1 Å². The molecule has 1 amide bonds. The number of hydrogen-bond acceptors (Lipinski definition) is 6. The van der Waals surface area contributed by atoms with Crippen molar-refractivity contribution in [2.45, 2.75) is 43.6 Å². The molecule has 1 aromatic heterocycles. The second-order valence-corrected chi connectivity index (χ2v) is 6.37. The van der Waals surface area contributed by atoms with Crippen LogP contribution in [0.3, 0.4) is 0 Å². The predicted octanol–water partition coefficient (Wildman–Crippen LogP) is 0.570. The molecule has 0 fully saturated rings. The first-order valence-electron chi connectivity index (χ1n) is 7.62. The van der Waals surface area contributed by atoms with Crippen molar-refractivity contribution in [1.82, 2.24) is 10.3 Å². The van der Waals surface area contributed by atoms with Gasteiger partial charge in [0, 0.05) is 5.69 Å². The lowest BCUT2D eigenvalue weighted by atomic mass is 9.96. The number of carboxylic acids is 1. The van der Waals surface area contributed by atoms with Crippen molar-refractivity contribution in [3.05, 3.63) is 22.9 Å². The molecule has 1 aromatic rings. The fourth-order valence-corrected chi connectivity index (χ4v) is 3.32. The number of amides is 1. The summed E-state index contributed by atoms with van der Waals surface area (Å²) in [7, 11) is 0. The zero-order valence-corrected chi connectivity index (χ0v) is 13.6. The number of aryl methyl sites for hydroxylation is 2. The molecule has 0 aromatic carbocycles. The first-order valence-corrected chi connectivity index (χ1v) is 8.61. The molecular formula is C16H18N3O3S-. The maximum absolute atomic E-state index is 11.6. The molecule has 122 valence electrons. The number of rotatable bonds is 5. The van der Waals surface area contributed by atoms with E-state index in [9.17, 15) is 20.0 Å². The minimum Gasteiger partial charge on any atom is -0.548 e. The molecule has 7 heteroatoms. The molecule has 0 unspecified atom stereocenters. The first kappa shape index (κ1) is 17.3. The van der Waals surface area contributed by atoms with E-state index in [1.54, 1.807) is 0 Å². The Morgan fingerprint density at radius 2 is 2.04 bits per heavy atom. The van der Waals surface area contributed by atoms with Crippen molar-refractivity contribution in [3.8, 4) is 6.07 Å². The van der Waals surface area contributed by atoms with E-state index in [1.807, 2.05) is 6.07 Å². The number of fused-ring (bicyclic) bond motifs is 1. The summed E-state index contributed by atoms with van der Waals surface area (Å²) in [6.45, 7) is -0.512. The standard InChI is InChI=1S/C16H19N3O3S/c17-8-12-7-11-5-3-1-2-4-6-13(11)19-16(12)23-10-14(20)18-9-15(21)22/h7H,1-6,9-10H2,(H,18,20)(H,21,22)/p-1. The van der Waals surface area contributed by atoms with E-state index in [0.717, 1.165) is 48.7 Å². The van der Waals surface area contributed by atoms with Gasteiger partial charge < -0.3 is 15.2 Å². The third kappa shape index (κ3) is 5.25. The van der Waals surface area contributed by atoms with Crippen LogP contribution in [0.2, 0.25) is 0 Å². The molecule has 0 radical (unpaired) electrons. The number of nitrogens with one attached hydrogen (secondary N) is 1. The fraction of sp³-hybridized carbons (Fsp3) is 0.500. The van der Waals surface area contributed by atoms with Gasteiger partial charge >= 0.3 is 0 Å². The number of carbonyl (C=O) groups excluding carboxylic acids is 2. The van der Waals surface area contributed by atoms with Gasteiger partial charge in [-0.05, 0) is 37.3 Å². The number of hydrogen-bond donors (Lipinski definition) is 1. The summed E-state index contributed by atoms with van der Waals surface area (Å²) in [4.78, 5) is 26.5. The highest BCUT2D eigenvalue weighted by atomic mass is 32.2. The van der Waals surface area contributed by atoms with Gasteiger partial charge in [-0.1, -0.05) is 24.6 Å². The SMILES string of the molecule is N#Cc1cc2c(nc1SCC(=O)NCC(=O)[O-])CCCCCC2. The van der Waals surface area contributed by atoms with E-state index in [4.69, 9.17) is 0 Å². The van der Waals surface area contributed by atoms with Crippen molar-refractivity contribution >= 4 is 23.6 Å². The number of aromatic nitrogens is 1. The number of carbonyl (C=O) groups is 2. The van der Waals surface area contributed by atoms with Gasteiger partial charge in [0.05, 0.1) is 23.8 Å². The van der Waals surface area contributed by atoms with Crippen LogP contribution in [0.15, 0.2) is 11.1 Å². The Hall–Kier alpha value is -2.07. The monoisotopic (exact) mass is 332 g/mol. The van der Waals surface area contributed by atoms with E-state index >= 15 is 0 Å². The summed E-state index contributed by atoms with van der Waals surface area (Å²) >= 11 is 1.16. The van der Waals surface area contributed by atoms with Gasteiger partial charge in [0.15, 0.2) is 0 Å². The normalized spacial score (nSPS) is 14.0. The Balaban J connectivity index is 2.08. The van der Waals surface area contributed by atoms with Crippen molar-refractivity contribution in [2.24, 2.45) is 0 Å². The molecule has 2 rings (SSSR count). The summed E-state index contributed by atoms with van der Waals surface area (Å²) in [6.07, 6.45) is 6.42. The summed E-state index contributed by atoms with van der Waals surface area (Å²) in [5, 5.41) is 22.4. The van der Waals surface area contributed by atoms with E-state index < -0.39 is 18.4 Å². The van der Waals surface area contributed by atoms with Gasteiger partial charge in [-0.3, -0.25) is 4.79 Å². The molecule has 1 aliphatic rings. The molecule has 0 aliphatic heterocycles. The average Bonchev–Trinajstić information content (AvgIpc) is 2.51. The van der Waals surface area contributed by atoms with E-state index in [2.05, 4.69) is 16.4 Å². The van der Waals surface area contributed by atoms with Crippen LogP contribution in [0.5, 0.6) is 0 Å². The number of carboxylic acid groups (broad SMARTS) is 1. The molecule has 1 heterocycles. The predicted molar refractivity (Wildman–Crippen MR) is 83.6 cm³/mol. The Bertz CT molecular complexity index is 640. The highest BCUT2D eigenvalue weighted by Crippen LogP contribution is 2.26. The molecule has 23 heavy (non-hydrogen) atoms. The largest absolute Gasteiger partial charge is 0.548 e. The topological polar surface area (TPSA) is 106 Å². The van der Waals surface area contributed by atoms with E-state index in [0.29, 0.717) is 10.6 Å². The number of nitriles is 1. The minimum atomic E-state index is -1.33. The van der Waals surface area contributed by atoms with Crippen LogP contribution in [0.1, 0.15) is 42.5 Å². The zero-order chi connectivity index (χ0) is 16.7. The molecule has 0 spiro atoms. The minimum absolute atomic E-state index is 0.0216. The smallest absolute Gasteiger partial charge is 0.230 e. The Kier molecular flexibility index (Phi) is 6.41. The summed E-state index contributed by atoms with van der Waals surface area (Å²) in [5.41, 5.74) is 2.62. The third-order valence-electron chi connectivity index (χ3n) is 3.66. The highest BCUT2D eigenvalue weighted by molar-refractivity contribution is 8.00. The van der Waals surface area contributed by atoms with E-state index in [-0.39, 0.29) is 5.75 Å². The molecule has 0 saturated heterocycles. The van der Waals surface area contributed by atoms with Gasteiger partial charge in [-0.2, -0.15) is 5.26 Å². The first-order chi connectivity index (χ1) is 11.1. The molecule has 0 saturated carbocycles. The lowest BCUT2D eigenvalue weighted by molar-refractivity contribution is -0.303. The van der Waals surface area contributed by atoms with Gasteiger partial charge in [0.25, 0.3) is 0 Å². The highest BCUT2D eigenvalue weighted by Gasteiger charge is 2.15. The van der Waals surface area contributed by atoms with Crippen molar-refractivity contribution in [3.63, 3.8) is 0 Å². The van der Waals surface area contributed by atoms with Crippen molar-refractivity contribution < 1.29 is 14.7 Å². The number of nitrogens with zero attached hydrogens (tertiary/aromatic N) is 2. The zero-order valence-electron chi connectivity index (χ0n) is 12.8.